The fourth-order valence-corrected chi connectivity index (χ4v) is 10.1. The summed E-state index contributed by atoms with van der Waals surface area (Å²) in [6, 6.07) is -0.625. The van der Waals surface area contributed by atoms with Gasteiger partial charge in [-0.3, -0.25) is 9.59 Å². The van der Waals surface area contributed by atoms with Crippen molar-refractivity contribution in [3.05, 3.63) is 36.5 Å². The fraction of sp³-hybridized carbons (Fsp3) is 0.881. The van der Waals surface area contributed by atoms with Gasteiger partial charge in [0.15, 0.2) is 0 Å². The van der Waals surface area contributed by atoms with Crippen LogP contribution in [0.1, 0.15) is 354 Å². The molecule has 0 aromatic carbocycles. The fourth-order valence-electron chi connectivity index (χ4n) is 10.1. The topological polar surface area (TPSA) is 95.9 Å². The number of rotatable bonds is 61. The molecule has 0 saturated heterocycles. The zero-order chi connectivity index (χ0) is 52.9. The minimum Gasteiger partial charge on any atom is -0.466 e. The van der Waals surface area contributed by atoms with Crippen molar-refractivity contribution in [1.29, 1.82) is 0 Å². The number of hydrogen-bond acceptors (Lipinski definition) is 5. The molecular formula is C67H127NO5. The molecule has 0 fully saturated rings. The Balaban J connectivity index is 3.35. The van der Waals surface area contributed by atoms with Crippen LogP contribution in [0.15, 0.2) is 36.5 Å². The number of aliphatic hydroxyl groups is 2. The minimum absolute atomic E-state index is 0.00961. The molecule has 0 rings (SSSR count). The third-order valence-electron chi connectivity index (χ3n) is 15.2. The van der Waals surface area contributed by atoms with Crippen molar-refractivity contribution in [3.8, 4) is 0 Å². The maximum Gasteiger partial charge on any atom is 0.305 e. The molecular weight excluding hydrogens is 899 g/mol. The second kappa shape index (κ2) is 62.6. The Hall–Kier alpha value is -1.92. The number of aliphatic hydroxyl groups excluding tert-OH is 2. The van der Waals surface area contributed by atoms with E-state index in [0.717, 1.165) is 51.4 Å². The predicted molar refractivity (Wildman–Crippen MR) is 319 cm³/mol. The number of esters is 1. The van der Waals surface area contributed by atoms with Gasteiger partial charge in [0.2, 0.25) is 5.91 Å². The van der Waals surface area contributed by atoms with E-state index in [4.69, 9.17) is 4.74 Å². The van der Waals surface area contributed by atoms with E-state index in [2.05, 4.69) is 43.5 Å². The second-order valence-electron chi connectivity index (χ2n) is 22.5. The monoisotopic (exact) mass is 1030 g/mol. The van der Waals surface area contributed by atoms with Crippen molar-refractivity contribution in [2.75, 3.05) is 13.2 Å². The first kappa shape index (κ1) is 71.1. The van der Waals surface area contributed by atoms with Gasteiger partial charge in [0, 0.05) is 12.8 Å². The first-order valence-electron chi connectivity index (χ1n) is 32.8. The van der Waals surface area contributed by atoms with E-state index in [1.807, 2.05) is 6.08 Å². The zero-order valence-corrected chi connectivity index (χ0v) is 49.1. The lowest BCUT2D eigenvalue weighted by Gasteiger charge is -2.20. The molecule has 0 saturated carbocycles. The summed E-state index contributed by atoms with van der Waals surface area (Å²) < 4.78 is 5.50. The summed E-state index contributed by atoms with van der Waals surface area (Å²) in [4.78, 5) is 24.5. The van der Waals surface area contributed by atoms with E-state index < -0.39 is 12.1 Å². The van der Waals surface area contributed by atoms with E-state index in [1.54, 1.807) is 6.08 Å². The standard InChI is InChI=1S/C67H127NO5/c1-3-5-7-9-11-13-15-17-18-19-31-34-37-41-45-49-53-57-61-67(72)73-62-58-54-50-46-42-38-35-32-29-27-25-23-21-20-22-24-26-28-30-33-36-40-44-48-52-56-60-66(71)68-64(63-69)65(70)59-55-51-47-43-39-16-14-12-10-8-6-4-2/h13,15,18-19,55,59,64-65,69-70H,3-12,14,16-17,20-54,56-58,60-63H2,1-2H3,(H,68,71)/b15-13-,19-18-,59-55+. The number of hydrogen-bond donors (Lipinski definition) is 3. The van der Waals surface area contributed by atoms with Crippen LogP contribution in [0.2, 0.25) is 0 Å². The molecule has 0 aliphatic heterocycles. The zero-order valence-electron chi connectivity index (χ0n) is 49.1. The summed E-state index contributed by atoms with van der Waals surface area (Å²) in [5.74, 6) is -0.0560. The van der Waals surface area contributed by atoms with Gasteiger partial charge in [0.1, 0.15) is 0 Å². The Morgan fingerprint density at radius 1 is 0.384 bits per heavy atom. The van der Waals surface area contributed by atoms with Crippen molar-refractivity contribution in [1.82, 2.24) is 5.32 Å². The van der Waals surface area contributed by atoms with Gasteiger partial charge in [0.25, 0.3) is 0 Å². The van der Waals surface area contributed by atoms with E-state index in [1.165, 1.54) is 276 Å². The molecule has 0 radical (unpaired) electrons. The second-order valence-corrected chi connectivity index (χ2v) is 22.5. The average molecular weight is 1030 g/mol. The number of allylic oxidation sites excluding steroid dienone is 5. The van der Waals surface area contributed by atoms with Crippen LogP contribution in [0.3, 0.4) is 0 Å². The van der Waals surface area contributed by atoms with Crippen LogP contribution in [0.25, 0.3) is 0 Å². The van der Waals surface area contributed by atoms with Crippen LogP contribution < -0.4 is 5.32 Å². The first-order valence-corrected chi connectivity index (χ1v) is 32.8. The highest BCUT2D eigenvalue weighted by Gasteiger charge is 2.18. The molecule has 430 valence electrons. The maximum absolute atomic E-state index is 12.4. The molecule has 0 aliphatic rings. The molecule has 0 heterocycles. The molecule has 0 aliphatic carbocycles. The van der Waals surface area contributed by atoms with Crippen LogP contribution in [-0.4, -0.2) is 47.4 Å². The maximum atomic E-state index is 12.4. The smallest absolute Gasteiger partial charge is 0.305 e. The third kappa shape index (κ3) is 59.2. The van der Waals surface area contributed by atoms with E-state index in [-0.39, 0.29) is 18.5 Å². The summed E-state index contributed by atoms with van der Waals surface area (Å²) in [5.41, 5.74) is 0. The largest absolute Gasteiger partial charge is 0.466 e. The highest BCUT2D eigenvalue weighted by atomic mass is 16.5. The molecule has 6 nitrogen and oxygen atoms in total. The molecule has 2 unspecified atom stereocenters. The van der Waals surface area contributed by atoms with Gasteiger partial charge in [0.05, 0.1) is 25.4 Å². The van der Waals surface area contributed by atoms with E-state index >= 15 is 0 Å². The van der Waals surface area contributed by atoms with Gasteiger partial charge in [-0.1, -0.05) is 314 Å². The lowest BCUT2D eigenvalue weighted by Crippen LogP contribution is -2.45. The van der Waals surface area contributed by atoms with Crippen LogP contribution in [-0.2, 0) is 14.3 Å². The van der Waals surface area contributed by atoms with Crippen LogP contribution in [0.4, 0.5) is 0 Å². The van der Waals surface area contributed by atoms with Crippen molar-refractivity contribution >= 4 is 11.9 Å². The molecule has 0 bridgehead atoms. The Morgan fingerprint density at radius 2 is 0.685 bits per heavy atom. The Kier molecular flexibility index (Phi) is 61.0. The quantitative estimate of drug-likeness (QED) is 0.0320. The normalized spacial score (nSPS) is 12.8. The number of amides is 1. The van der Waals surface area contributed by atoms with Gasteiger partial charge < -0.3 is 20.3 Å². The van der Waals surface area contributed by atoms with Crippen LogP contribution >= 0.6 is 0 Å². The predicted octanol–water partition coefficient (Wildman–Crippen LogP) is 20.8. The summed E-state index contributed by atoms with van der Waals surface area (Å²) in [7, 11) is 0. The van der Waals surface area contributed by atoms with Gasteiger partial charge in [-0.2, -0.15) is 0 Å². The van der Waals surface area contributed by atoms with Crippen LogP contribution in [0, 0.1) is 0 Å². The summed E-state index contributed by atoms with van der Waals surface area (Å²) in [5, 5.41) is 23.1. The molecule has 1 amide bonds. The number of unbranched alkanes of at least 4 members (excludes halogenated alkanes) is 46. The third-order valence-corrected chi connectivity index (χ3v) is 15.2. The van der Waals surface area contributed by atoms with E-state index in [0.29, 0.717) is 19.4 Å². The molecule has 73 heavy (non-hydrogen) atoms. The summed E-state index contributed by atoms with van der Waals surface area (Å²) in [6.07, 6.45) is 79.2. The Morgan fingerprint density at radius 3 is 1.05 bits per heavy atom. The molecule has 3 N–H and O–H groups in total. The highest BCUT2D eigenvalue weighted by molar-refractivity contribution is 5.76. The molecule has 2 atom stereocenters. The lowest BCUT2D eigenvalue weighted by molar-refractivity contribution is -0.143. The minimum atomic E-state index is -0.842. The van der Waals surface area contributed by atoms with Crippen LogP contribution in [0.5, 0.6) is 0 Å². The number of carbonyl (C=O) groups excluding carboxylic acids is 2. The van der Waals surface area contributed by atoms with Crippen molar-refractivity contribution < 1.29 is 24.5 Å². The van der Waals surface area contributed by atoms with Crippen molar-refractivity contribution in [3.63, 3.8) is 0 Å². The highest BCUT2D eigenvalue weighted by Crippen LogP contribution is 2.18. The molecule has 0 spiro atoms. The molecule has 0 aromatic rings. The summed E-state index contributed by atoms with van der Waals surface area (Å²) >= 11 is 0. The Bertz CT molecular complexity index is 1180. The molecule has 6 heteroatoms. The van der Waals surface area contributed by atoms with Gasteiger partial charge >= 0.3 is 5.97 Å². The summed E-state index contributed by atoms with van der Waals surface area (Å²) in [6.45, 7) is 4.89. The van der Waals surface area contributed by atoms with Crippen molar-refractivity contribution in [2.45, 2.75) is 366 Å². The van der Waals surface area contributed by atoms with Gasteiger partial charge in [-0.15, -0.1) is 0 Å². The SMILES string of the molecule is CCCCCC/C=C\C/C=C\CCCCCCCCCC(=O)OCCCCCCCCCCCCCCCCCCCCCCCCCCCCC(=O)NC(CO)C(O)/C=C/CCCCCCCCCCCC. The Labute approximate surface area is 455 Å². The number of ether oxygens (including phenoxy) is 1. The number of nitrogens with one attached hydrogen (secondary N) is 1. The first-order chi connectivity index (χ1) is 36.0. The van der Waals surface area contributed by atoms with Gasteiger partial charge in [-0.25, -0.2) is 0 Å². The van der Waals surface area contributed by atoms with Gasteiger partial charge in [-0.05, 0) is 64.2 Å². The molecule has 0 aromatic heterocycles. The van der Waals surface area contributed by atoms with E-state index in [9.17, 15) is 19.8 Å². The number of carbonyl (C=O) groups is 2. The lowest BCUT2D eigenvalue weighted by atomic mass is 10.0. The van der Waals surface area contributed by atoms with Crippen molar-refractivity contribution in [2.24, 2.45) is 0 Å². The average Bonchev–Trinajstić information content (AvgIpc) is 3.39.